The number of carboxylic acids is 1. The van der Waals surface area contributed by atoms with E-state index in [1.54, 1.807) is 0 Å². The Hall–Kier alpha value is -3.30. The maximum Gasteiger partial charge on any atom is 0.481 e. The molecule has 7 atom stereocenters. The number of carboxylic acid groups (broad SMARTS) is 1. The molecule has 1 saturated heterocycles. The van der Waals surface area contributed by atoms with E-state index in [1.807, 2.05) is 0 Å². The summed E-state index contributed by atoms with van der Waals surface area (Å²) in [5.41, 5.74) is 4.15. The molecule has 0 saturated carbocycles. The molecule has 2 unspecified atom stereocenters. The Morgan fingerprint density at radius 2 is 1.68 bits per heavy atom. The van der Waals surface area contributed by atoms with E-state index in [0.29, 0.717) is 11.8 Å². The van der Waals surface area contributed by atoms with Gasteiger partial charge in [0.05, 0.1) is 19.5 Å². The summed E-state index contributed by atoms with van der Waals surface area (Å²) in [6, 6.07) is 0. The van der Waals surface area contributed by atoms with Gasteiger partial charge >= 0.3 is 23.5 Å². The van der Waals surface area contributed by atoms with E-state index in [2.05, 4.69) is 34.4 Å². The summed E-state index contributed by atoms with van der Waals surface area (Å²) in [5.74, 6) is -4.11. The zero-order valence-corrected chi connectivity index (χ0v) is 33.2. The summed E-state index contributed by atoms with van der Waals surface area (Å²) in [7, 11) is -16.5. The maximum absolute atomic E-state index is 12.7. The zero-order chi connectivity index (χ0) is 42.9. The van der Waals surface area contributed by atoms with Gasteiger partial charge in [-0.2, -0.15) is 4.31 Å². The second kappa shape index (κ2) is 20.1. The van der Waals surface area contributed by atoms with Crippen molar-refractivity contribution in [3.05, 3.63) is 12.7 Å². The van der Waals surface area contributed by atoms with Crippen LogP contribution in [0.5, 0.6) is 0 Å². The van der Waals surface area contributed by atoms with E-state index >= 15 is 0 Å². The molecule has 31 heteroatoms. The molecule has 3 rings (SSSR count). The predicted molar refractivity (Wildman–Crippen MR) is 186 cm³/mol. The van der Waals surface area contributed by atoms with Crippen LogP contribution in [0, 0.1) is 5.41 Å². The molecule has 1 aliphatic heterocycles. The Morgan fingerprint density at radius 1 is 1.02 bits per heavy atom. The van der Waals surface area contributed by atoms with Crippen molar-refractivity contribution in [3.8, 4) is 0 Å². The number of phosphoric acid groups is 3. The monoisotopic (exact) mass is 894 g/mol. The Morgan fingerprint density at radius 3 is 2.33 bits per heavy atom. The van der Waals surface area contributed by atoms with Crippen molar-refractivity contribution in [2.75, 3.05) is 37.8 Å². The van der Waals surface area contributed by atoms with Crippen molar-refractivity contribution < 1.29 is 95.2 Å². The number of nitrogens with zero attached hydrogens (tertiary/aromatic N) is 4. The Bertz CT molecular complexity index is 1950. The van der Waals surface area contributed by atoms with E-state index < -0.39 is 114 Å². The number of carbonyl (C=O) groups excluding carboxylic acids is 5. The number of fused-ring (bicyclic) bond motifs is 1. The Kier molecular flexibility index (Phi) is 17.0. The number of aliphatic carboxylic acids is 1. The maximum atomic E-state index is 12.7. The highest BCUT2D eigenvalue weighted by Gasteiger charge is 2.50. The second-order valence-electron chi connectivity index (χ2n) is 12.5. The van der Waals surface area contributed by atoms with Crippen molar-refractivity contribution in [1.29, 1.82) is 0 Å². The molecule has 2 amide bonds. The van der Waals surface area contributed by atoms with Gasteiger partial charge in [0.2, 0.25) is 17.6 Å². The average Bonchev–Trinajstić information content (AvgIpc) is 3.66. The highest BCUT2D eigenvalue weighted by Crippen LogP contribution is 2.61. The number of nitrogens with one attached hydrogen (secondary N) is 2. The van der Waals surface area contributed by atoms with Crippen LogP contribution in [-0.2, 0) is 60.3 Å². The first-order valence-electron chi connectivity index (χ1n) is 16.1. The lowest BCUT2D eigenvalue weighted by molar-refractivity contribution is -0.305. The summed E-state index contributed by atoms with van der Waals surface area (Å²) in [6.07, 6.45) is -8.36. The Labute approximate surface area is 325 Å². The van der Waals surface area contributed by atoms with Crippen molar-refractivity contribution in [1.82, 2.24) is 30.2 Å². The van der Waals surface area contributed by atoms with Crippen LogP contribution in [0.1, 0.15) is 39.3 Å². The smallest absolute Gasteiger partial charge is 0.481 e. The van der Waals surface area contributed by atoms with E-state index in [-0.39, 0.29) is 42.2 Å². The Balaban J connectivity index is 1.47. The van der Waals surface area contributed by atoms with Crippen LogP contribution >= 0.6 is 35.2 Å². The van der Waals surface area contributed by atoms with Gasteiger partial charge in [0.25, 0.3) is 5.12 Å². The number of Topliss-reactive ketones (excluding diaryl/α,β-unsaturated/α-hetero) is 1. The zero-order valence-electron chi connectivity index (χ0n) is 29.7. The third kappa shape index (κ3) is 14.8. The third-order valence-electron chi connectivity index (χ3n) is 7.52. The molecule has 0 aromatic carbocycles. The number of aromatic nitrogens is 4. The molecule has 2 aromatic heterocycles. The van der Waals surface area contributed by atoms with Crippen LogP contribution < -0.4 is 21.5 Å². The number of hydrogen-bond donors (Lipinski definition) is 9. The van der Waals surface area contributed by atoms with Gasteiger partial charge in [-0.1, -0.05) is 25.6 Å². The largest absolute Gasteiger partial charge is 0.550 e. The minimum atomic E-state index is -5.60. The van der Waals surface area contributed by atoms with E-state index in [0.717, 1.165) is 17.2 Å². The number of aliphatic hydroxyl groups is 2. The standard InChI is InChI=1S/C26H40N7O20P3S/c1-26(2,20(39)23(40)29-6-5-15(35)28-7-8-57-25(41)13(34)3-4-16(36)37)10-50-56(47,48)53-55(45,46)49-9-14-19(52-54(42,43)44)18(38)24(51-14)33-12-32-17-21(27)30-11-31-22(17)33/h11-12,14,18-20,24,38-39H,3-10H2,1-2H3,(H,28,35)(H,29,40)(H,36,37)(H,45,46)(H,47,48)(H2,27,30,31)(H2,42,43,44)/p-1/t14-,18-,19-,20+,24-/m1/s1. The quantitative estimate of drug-likeness (QED) is 0.0301. The first kappa shape index (κ1) is 48.1. The number of anilines is 1. The summed E-state index contributed by atoms with van der Waals surface area (Å²) in [5, 5.41) is 35.5. The molecular weight excluding hydrogens is 855 g/mol. The molecule has 2 aromatic rings. The van der Waals surface area contributed by atoms with E-state index in [9.17, 15) is 72.6 Å². The van der Waals surface area contributed by atoms with Crippen LogP contribution in [-0.4, -0.2) is 134 Å². The lowest BCUT2D eigenvalue weighted by Gasteiger charge is -2.30. The molecule has 0 bridgehead atoms. The van der Waals surface area contributed by atoms with Gasteiger partial charge in [-0.15, -0.1) is 0 Å². The lowest BCUT2D eigenvalue weighted by Crippen LogP contribution is -2.46. The second-order valence-corrected chi connectivity index (χ2v) is 17.8. The number of rotatable bonds is 23. The molecule has 0 spiro atoms. The predicted octanol–water partition coefficient (Wildman–Crippen LogP) is -3.24. The first-order valence-corrected chi connectivity index (χ1v) is 21.6. The summed E-state index contributed by atoms with van der Waals surface area (Å²) in [6.45, 7) is -0.0574. The first-order chi connectivity index (χ1) is 26.3. The summed E-state index contributed by atoms with van der Waals surface area (Å²) in [4.78, 5) is 109. The van der Waals surface area contributed by atoms with Crippen molar-refractivity contribution in [2.45, 2.75) is 63.8 Å². The number of hydrogen-bond acceptors (Lipinski definition) is 21. The van der Waals surface area contributed by atoms with Crippen LogP contribution in [0.3, 0.4) is 0 Å². The number of thioether (sulfide) groups is 1. The van der Waals surface area contributed by atoms with Gasteiger partial charge < -0.3 is 60.8 Å². The number of carbonyl (C=O) groups is 5. The fraction of sp³-hybridized carbons (Fsp3) is 0.615. The summed E-state index contributed by atoms with van der Waals surface area (Å²) < 4.78 is 61.9. The molecule has 57 heavy (non-hydrogen) atoms. The van der Waals surface area contributed by atoms with Gasteiger partial charge in [-0.3, -0.25) is 37.3 Å². The normalized spacial score (nSPS) is 21.3. The van der Waals surface area contributed by atoms with Gasteiger partial charge in [-0.05, 0) is 6.42 Å². The van der Waals surface area contributed by atoms with Gasteiger partial charge in [0.15, 0.2) is 17.7 Å². The number of imidazole rings is 1. The van der Waals surface area contributed by atoms with E-state index in [1.165, 1.54) is 13.8 Å². The molecule has 0 radical (unpaired) electrons. The molecule has 1 fully saturated rings. The van der Waals surface area contributed by atoms with Crippen LogP contribution in [0.15, 0.2) is 12.7 Å². The van der Waals surface area contributed by atoms with Gasteiger partial charge in [0.1, 0.15) is 36.3 Å². The fourth-order valence-electron chi connectivity index (χ4n) is 4.67. The van der Waals surface area contributed by atoms with Gasteiger partial charge in [0, 0.05) is 43.1 Å². The van der Waals surface area contributed by atoms with Crippen LogP contribution in [0.4, 0.5) is 5.82 Å². The molecule has 1 aliphatic rings. The van der Waals surface area contributed by atoms with E-state index in [4.69, 9.17) is 19.5 Å². The number of nitrogens with two attached hydrogens (primary N) is 1. The average molecular weight is 895 g/mol. The molecule has 27 nitrogen and oxygen atoms in total. The fourth-order valence-corrected chi connectivity index (χ4v) is 8.15. The topological polar surface area (TPSA) is 421 Å². The highest BCUT2D eigenvalue weighted by molar-refractivity contribution is 8.15. The highest BCUT2D eigenvalue weighted by atomic mass is 32.2. The number of ether oxygens (including phenoxy) is 1. The number of nitrogen functional groups attached to an aromatic ring is 1. The van der Waals surface area contributed by atoms with Crippen LogP contribution in [0.25, 0.3) is 11.2 Å². The molecular formula is C26H39N7O20P3S-. The van der Waals surface area contributed by atoms with Crippen molar-refractivity contribution in [2.24, 2.45) is 5.41 Å². The van der Waals surface area contributed by atoms with Crippen LogP contribution in [0.2, 0.25) is 0 Å². The molecule has 3 heterocycles. The van der Waals surface area contributed by atoms with Crippen molar-refractivity contribution >= 4 is 80.9 Å². The number of amides is 2. The lowest BCUT2D eigenvalue weighted by atomic mass is 9.87. The number of phosphoric ester groups is 3. The molecule has 10 N–H and O–H groups in total. The van der Waals surface area contributed by atoms with Gasteiger partial charge in [-0.25, -0.2) is 28.6 Å². The molecule has 320 valence electrons. The number of aliphatic hydroxyl groups excluding tert-OH is 2. The minimum absolute atomic E-state index is 0.0106. The number of ketones is 1. The molecule has 0 aliphatic carbocycles. The van der Waals surface area contributed by atoms with Crippen molar-refractivity contribution in [3.63, 3.8) is 0 Å². The summed E-state index contributed by atoms with van der Waals surface area (Å²) >= 11 is 0.567. The SMILES string of the molecule is CC(C)(COP(=O)(O)OP(=O)(O)OC[C@H]1O[C@@H](n2cnc3c(N)ncnc32)[C@H](O)[C@@H]1OP(=O)(O)O)[C@@H](O)C(=O)NCCC(=O)NCCSC(=O)C(=O)CCC(=O)[O-]. The third-order valence-corrected chi connectivity index (χ3v) is 11.5. The minimum Gasteiger partial charge on any atom is -0.550 e.